The van der Waals surface area contributed by atoms with Gasteiger partial charge in [-0.2, -0.15) is 18.3 Å². The molecular formula is C36H47F3N6O3. The number of aryl methyl sites for hydroxylation is 1. The van der Waals surface area contributed by atoms with Gasteiger partial charge in [0.05, 0.1) is 41.4 Å². The number of nitrogens with two attached hydrogens (primary N) is 2. The van der Waals surface area contributed by atoms with Crippen LogP contribution < -0.4 is 22.3 Å². The monoisotopic (exact) mass is 668 g/mol. The predicted octanol–water partition coefficient (Wildman–Crippen LogP) is 6.29. The van der Waals surface area contributed by atoms with Crippen molar-refractivity contribution in [3.8, 4) is 22.4 Å². The van der Waals surface area contributed by atoms with E-state index in [1.807, 2.05) is 86.1 Å². The summed E-state index contributed by atoms with van der Waals surface area (Å²) in [6, 6.07) is 24.8. The van der Waals surface area contributed by atoms with E-state index in [9.17, 15) is 18.0 Å². The molecule has 12 heteroatoms. The van der Waals surface area contributed by atoms with Crippen molar-refractivity contribution in [2.75, 3.05) is 27.9 Å². The zero-order valence-electron chi connectivity index (χ0n) is 28.4. The van der Waals surface area contributed by atoms with E-state index in [0.29, 0.717) is 37.3 Å². The standard InChI is InChI=1S/C27H24F3N3O.C5H12O.C4H11N3O/c1-31-26(34)16-15-24-17-25(33(32-24)18-19-5-3-2-4-6-19)22-9-7-20(8-10-22)21-11-13-23(14-12-21)27(28,29)30;1-5(2,3)6-4;1-8-3-4(5)2-7-6/h2-14,17H,15-16,18H2,1H3,(H,31,34);1-4H3;2,7H,3,5-6H2,1H3/b;;4-2-. The highest BCUT2D eigenvalue weighted by Gasteiger charge is 2.30. The molecule has 9 nitrogen and oxygen atoms in total. The minimum atomic E-state index is -4.35. The molecule has 0 saturated heterocycles. The summed E-state index contributed by atoms with van der Waals surface area (Å²) in [6.45, 7) is 7.05. The number of benzene rings is 3. The number of rotatable bonds is 10. The number of nitrogens with zero attached hydrogens (tertiary/aromatic N) is 2. The number of amides is 1. The van der Waals surface area contributed by atoms with Crippen LogP contribution >= 0.6 is 0 Å². The minimum Gasteiger partial charge on any atom is -0.399 e. The van der Waals surface area contributed by atoms with Crippen molar-refractivity contribution < 1.29 is 27.4 Å². The summed E-state index contributed by atoms with van der Waals surface area (Å²) < 4.78 is 50.1. The van der Waals surface area contributed by atoms with Gasteiger partial charge in [0.1, 0.15) is 0 Å². The van der Waals surface area contributed by atoms with Gasteiger partial charge in [0.2, 0.25) is 5.91 Å². The quantitative estimate of drug-likeness (QED) is 0.116. The molecule has 0 fully saturated rings. The van der Waals surface area contributed by atoms with E-state index in [1.54, 1.807) is 21.3 Å². The maximum absolute atomic E-state index is 12.8. The Morgan fingerprint density at radius 3 is 1.94 bits per heavy atom. The average Bonchev–Trinajstić information content (AvgIpc) is 3.46. The van der Waals surface area contributed by atoms with Crippen LogP contribution in [0.2, 0.25) is 0 Å². The van der Waals surface area contributed by atoms with Gasteiger partial charge in [0.15, 0.2) is 0 Å². The Morgan fingerprint density at radius 1 is 0.917 bits per heavy atom. The minimum absolute atomic E-state index is 0.0416. The van der Waals surface area contributed by atoms with Crippen LogP contribution in [0.25, 0.3) is 22.4 Å². The number of nitrogens with one attached hydrogen (secondary N) is 2. The fourth-order valence-corrected chi connectivity index (χ4v) is 4.07. The second kappa shape index (κ2) is 19.2. The number of alkyl halides is 3. The summed E-state index contributed by atoms with van der Waals surface area (Å²) in [6.07, 6.45) is -2.00. The Labute approximate surface area is 281 Å². The van der Waals surface area contributed by atoms with Crippen molar-refractivity contribution in [3.05, 3.63) is 114 Å². The molecule has 1 amide bonds. The Morgan fingerprint density at radius 2 is 1.46 bits per heavy atom. The van der Waals surface area contributed by atoms with Crippen molar-refractivity contribution in [1.82, 2.24) is 20.5 Å². The molecule has 0 aliphatic heterocycles. The van der Waals surface area contributed by atoms with Gasteiger partial charge >= 0.3 is 6.18 Å². The van der Waals surface area contributed by atoms with Crippen molar-refractivity contribution >= 4 is 5.91 Å². The van der Waals surface area contributed by atoms with E-state index in [4.69, 9.17) is 21.4 Å². The summed E-state index contributed by atoms with van der Waals surface area (Å²) >= 11 is 0. The molecule has 0 aliphatic carbocycles. The Balaban J connectivity index is 0.000000480. The number of aromatic nitrogens is 2. The molecule has 0 bridgehead atoms. The van der Waals surface area contributed by atoms with E-state index in [2.05, 4.69) is 15.5 Å². The lowest BCUT2D eigenvalue weighted by Crippen LogP contribution is -2.18. The zero-order valence-corrected chi connectivity index (χ0v) is 28.4. The van der Waals surface area contributed by atoms with Gasteiger partial charge < -0.3 is 25.9 Å². The van der Waals surface area contributed by atoms with E-state index in [-0.39, 0.29) is 11.5 Å². The number of hydrazine groups is 1. The number of carbonyl (C=O) groups is 1. The fourth-order valence-electron chi connectivity index (χ4n) is 4.07. The number of ether oxygens (including phenoxy) is 2. The van der Waals surface area contributed by atoms with Crippen LogP contribution in [0.1, 0.15) is 44.0 Å². The highest BCUT2D eigenvalue weighted by molar-refractivity contribution is 5.76. The molecule has 6 N–H and O–H groups in total. The second-order valence-electron chi connectivity index (χ2n) is 11.6. The molecule has 0 atom stereocenters. The summed E-state index contributed by atoms with van der Waals surface area (Å²) in [4.78, 5) is 11.7. The molecule has 1 aromatic heterocycles. The Hall–Kier alpha value is -4.65. The number of halogens is 3. The van der Waals surface area contributed by atoms with Gasteiger partial charge in [-0.25, -0.2) is 0 Å². The maximum atomic E-state index is 12.8. The molecule has 48 heavy (non-hydrogen) atoms. The Bertz CT molecular complexity index is 1550. The van der Waals surface area contributed by atoms with E-state index in [1.165, 1.54) is 18.3 Å². The lowest BCUT2D eigenvalue weighted by molar-refractivity contribution is -0.137. The molecule has 1 heterocycles. The van der Waals surface area contributed by atoms with Crippen LogP contribution in [0.4, 0.5) is 13.2 Å². The molecule has 4 aromatic rings. The molecule has 4 rings (SSSR count). The van der Waals surface area contributed by atoms with E-state index >= 15 is 0 Å². The van der Waals surface area contributed by atoms with Gasteiger partial charge in [-0.3, -0.25) is 15.3 Å². The van der Waals surface area contributed by atoms with Gasteiger partial charge in [-0.1, -0.05) is 66.7 Å². The molecular weight excluding hydrogens is 621 g/mol. The van der Waals surface area contributed by atoms with Crippen LogP contribution in [0.15, 0.2) is 96.8 Å². The number of hydrogen-bond acceptors (Lipinski definition) is 7. The first-order valence-electron chi connectivity index (χ1n) is 15.2. The number of methoxy groups -OCH3 is 2. The third-order valence-corrected chi connectivity index (χ3v) is 6.81. The third kappa shape index (κ3) is 14.0. The van der Waals surface area contributed by atoms with Crippen molar-refractivity contribution in [3.63, 3.8) is 0 Å². The summed E-state index contributed by atoms with van der Waals surface area (Å²) in [7, 11) is 4.89. The van der Waals surface area contributed by atoms with Gasteiger partial charge in [-0.05, 0) is 61.2 Å². The first kappa shape index (κ1) is 39.5. The van der Waals surface area contributed by atoms with Gasteiger partial charge in [0.25, 0.3) is 0 Å². The van der Waals surface area contributed by atoms with Crippen molar-refractivity contribution in [2.24, 2.45) is 11.6 Å². The molecule has 0 saturated carbocycles. The lowest BCUT2D eigenvalue weighted by Gasteiger charge is -2.14. The zero-order chi connectivity index (χ0) is 35.7. The second-order valence-corrected chi connectivity index (χ2v) is 11.6. The predicted molar refractivity (Wildman–Crippen MR) is 184 cm³/mol. The van der Waals surface area contributed by atoms with Crippen LogP contribution in [-0.2, 0) is 33.4 Å². The van der Waals surface area contributed by atoms with Crippen LogP contribution in [0, 0.1) is 0 Å². The topological polar surface area (TPSA) is 129 Å². The van der Waals surface area contributed by atoms with Gasteiger partial charge in [-0.15, -0.1) is 0 Å². The smallest absolute Gasteiger partial charge is 0.399 e. The molecule has 3 aromatic carbocycles. The fraction of sp³-hybridized carbons (Fsp3) is 0.333. The highest BCUT2D eigenvalue weighted by Crippen LogP contribution is 2.32. The van der Waals surface area contributed by atoms with E-state index < -0.39 is 11.7 Å². The molecule has 260 valence electrons. The first-order chi connectivity index (χ1) is 22.7. The third-order valence-electron chi connectivity index (χ3n) is 6.81. The largest absolute Gasteiger partial charge is 0.416 e. The Kier molecular flexibility index (Phi) is 15.8. The lowest BCUT2D eigenvalue weighted by atomic mass is 10.0. The molecule has 0 radical (unpaired) electrons. The first-order valence-corrected chi connectivity index (χ1v) is 15.2. The van der Waals surface area contributed by atoms with Crippen molar-refractivity contribution in [2.45, 2.75) is 51.9 Å². The van der Waals surface area contributed by atoms with E-state index in [0.717, 1.165) is 40.2 Å². The highest BCUT2D eigenvalue weighted by atomic mass is 19.4. The normalized spacial score (nSPS) is 11.5. The SMILES string of the molecule is CNC(=O)CCc1cc(-c2ccc(-c3ccc(C(F)(F)F)cc3)cc2)n(Cc2ccccc2)n1.COC(C)(C)C.COC/C(N)=C/NN. The summed E-state index contributed by atoms with van der Waals surface area (Å²) in [5, 5.41) is 7.36. The van der Waals surface area contributed by atoms with Crippen LogP contribution in [0.3, 0.4) is 0 Å². The van der Waals surface area contributed by atoms with Crippen LogP contribution in [0.5, 0.6) is 0 Å². The molecule has 0 spiro atoms. The number of hydrogen-bond donors (Lipinski definition) is 4. The summed E-state index contributed by atoms with van der Waals surface area (Å²) in [5.74, 6) is 4.86. The van der Waals surface area contributed by atoms with Crippen LogP contribution in [-0.4, -0.2) is 49.2 Å². The molecule has 0 aliphatic rings. The molecule has 0 unspecified atom stereocenters. The van der Waals surface area contributed by atoms with Gasteiger partial charge in [0, 0.05) is 40.3 Å². The number of carbonyl (C=O) groups excluding carboxylic acids is 1. The maximum Gasteiger partial charge on any atom is 0.416 e. The van der Waals surface area contributed by atoms with Crippen molar-refractivity contribution in [1.29, 1.82) is 0 Å². The average molecular weight is 669 g/mol. The summed E-state index contributed by atoms with van der Waals surface area (Å²) in [5.41, 5.74) is 12.8.